The standard InChI is InChI=1S/C17H22FNO2/c1-3-10-19-16(17(20-2)8-5-9-17)14-11-12-6-4-7-13(18)15(12)21-14/h4,6-7,11,16,19H,3,5,8-10H2,1-2H3. The first kappa shape index (κ1) is 14.5. The van der Waals surface area contributed by atoms with Crippen LogP contribution in [0.5, 0.6) is 0 Å². The van der Waals surface area contributed by atoms with Gasteiger partial charge in [-0.05, 0) is 44.4 Å². The molecule has 1 unspecified atom stereocenters. The molecule has 1 N–H and O–H groups in total. The Bertz CT molecular complexity index is 613. The lowest BCUT2D eigenvalue weighted by Crippen LogP contribution is -2.50. The van der Waals surface area contributed by atoms with Gasteiger partial charge in [0.05, 0.1) is 11.6 Å². The summed E-state index contributed by atoms with van der Waals surface area (Å²) in [4.78, 5) is 0. The van der Waals surface area contributed by atoms with Gasteiger partial charge in [0.1, 0.15) is 5.76 Å². The van der Waals surface area contributed by atoms with Crippen molar-refractivity contribution in [1.29, 1.82) is 0 Å². The van der Waals surface area contributed by atoms with Gasteiger partial charge in [-0.1, -0.05) is 19.1 Å². The Morgan fingerprint density at radius 1 is 1.43 bits per heavy atom. The summed E-state index contributed by atoms with van der Waals surface area (Å²) in [6.45, 7) is 3.01. The first-order chi connectivity index (χ1) is 10.2. The Morgan fingerprint density at radius 3 is 2.81 bits per heavy atom. The summed E-state index contributed by atoms with van der Waals surface area (Å²) in [6.07, 6.45) is 4.20. The molecule has 1 atom stereocenters. The first-order valence-electron chi connectivity index (χ1n) is 7.66. The highest BCUT2D eigenvalue weighted by Crippen LogP contribution is 2.46. The molecule has 3 rings (SSSR count). The molecule has 1 aromatic heterocycles. The van der Waals surface area contributed by atoms with Crippen molar-refractivity contribution < 1.29 is 13.5 Å². The van der Waals surface area contributed by atoms with E-state index in [1.165, 1.54) is 6.07 Å². The number of hydrogen-bond donors (Lipinski definition) is 1. The summed E-state index contributed by atoms with van der Waals surface area (Å²) in [5.41, 5.74) is 0.112. The van der Waals surface area contributed by atoms with Crippen LogP contribution in [-0.2, 0) is 4.74 Å². The third-order valence-corrected chi connectivity index (χ3v) is 4.53. The van der Waals surface area contributed by atoms with E-state index in [9.17, 15) is 4.39 Å². The van der Waals surface area contributed by atoms with Crippen molar-refractivity contribution in [3.05, 3.63) is 35.8 Å². The molecular weight excluding hydrogens is 269 g/mol. The number of rotatable bonds is 6. The van der Waals surface area contributed by atoms with Crippen LogP contribution in [0.25, 0.3) is 11.0 Å². The second-order valence-corrected chi connectivity index (χ2v) is 5.82. The lowest BCUT2D eigenvalue weighted by Gasteiger charge is -2.46. The SMILES string of the molecule is CCCNC(c1cc2cccc(F)c2o1)C1(OC)CCC1. The van der Waals surface area contributed by atoms with Gasteiger partial charge in [-0.3, -0.25) is 0 Å². The van der Waals surface area contributed by atoms with E-state index in [-0.39, 0.29) is 17.5 Å². The first-order valence-corrected chi connectivity index (χ1v) is 7.66. The number of benzene rings is 1. The summed E-state index contributed by atoms with van der Waals surface area (Å²) in [6, 6.07) is 6.93. The maximum absolute atomic E-state index is 13.8. The number of methoxy groups -OCH3 is 1. The third-order valence-electron chi connectivity index (χ3n) is 4.53. The van der Waals surface area contributed by atoms with Crippen LogP contribution < -0.4 is 5.32 Å². The van der Waals surface area contributed by atoms with Crippen molar-refractivity contribution in [1.82, 2.24) is 5.32 Å². The van der Waals surface area contributed by atoms with Crippen LogP contribution in [0.4, 0.5) is 4.39 Å². The number of nitrogens with one attached hydrogen (secondary N) is 1. The van der Waals surface area contributed by atoms with Gasteiger partial charge >= 0.3 is 0 Å². The summed E-state index contributed by atoms with van der Waals surface area (Å²) in [7, 11) is 1.75. The third kappa shape index (κ3) is 2.47. The topological polar surface area (TPSA) is 34.4 Å². The molecule has 2 aromatic rings. The minimum atomic E-state index is -0.312. The fraction of sp³-hybridized carbons (Fsp3) is 0.529. The van der Waals surface area contributed by atoms with Crippen LogP contribution in [0.3, 0.4) is 0 Å². The van der Waals surface area contributed by atoms with Crippen molar-refractivity contribution >= 4 is 11.0 Å². The summed E-state index contributed by atoms with van der Waals surface area (Å²) in [5, 5.41) is 4.32. The lowest BCUT2D eigenvalue weighted by atomic mass is 9.73. The van der Waals surface area contributed by atoms with E-state index in [0.717, 1.165) is 43.4 Å². The Morgan fingerprint density at radius 2 is 2.24 bits per heavy atom. The summed E-state index contributed by atoms with van der Waals surface area (Å²) in [5.74, 6) is 0.457. The molecule has 0 bridgehead atoms. The van der Waals surface area contributed by atoms with Crippen molar-refractivity contribution in [2.75, 3.05) is 13.7 Å². The molecule has 1 aliphatic rings. The zero-order valence-electron chi connectivity index (χ0n) is 12.6. The smallest absolute Gasteiger partial charge is 0.169 e. The van der Waals surface area contributed by atoms with Crippen LogP contribution in [0, 0.1) is 5.82 Å². The number of fused-ring (bicyclic) bond motifs is 1. The number of furan rings is 1. The summed E-state index contributed by atoms with van der Waals surface area (Å²) < 4.78 is 25.5. The molecule has 1 aromatic carbocycles. The normalized spacial score (nSPS) is 18.6. The molecule has 0 aliphatic heterocycles. The van der Waals surface area contributed by atoms with Crippen molar-refractivity contribution in [3.8, 4) is 0 Å². The van der Waals surface area contributed by atoms with Crippen molar-refractivity contribution in [2.45, 2.75) is 44.2 Å². The van der Waals surface area contributed by atoms with Gasteiger partial charge in [0.2, 0.25) is 0 Å². The van der Waals surface area contributed by atoms with Gasteiger partial charge < -0.3 is 14.5 Å². The Hall–Kier alpha value is -1.39. The van der Waals surface area contributed by atoms with Gasteiger partial charge in [-0.15, -0.1) is 0 Å². The van der Waals surface area contributed by atoms with E-state index in [1.54, 1.807) is 13.2 Å². The minimum Gasteiger partial charge on any atom is -0.456 e. The maximum atomic E-state index is 13.8. The average molecular weight is 291 g/mol. The molecule has 0 radical (unpaired) electrons. The minimum absolute atomic E-state index is 0.0250. The molecule has 0 saturated heterocycles. The summed E-state index contributed by atoms with van der Waals surface area (Å²) >= 11 is 0. The van der Waals surface area contributed by atoms with E-state index >= 15 is 0 Å². The van der Waals surface area contributed by atoms with Gasteiger partial charge in [0.25, 0.3) is 0 Å². The van der Waals surface area contributed by atoms with Crippen LogP contribution >= 0.6 is 0 Å². The Labute approximate surface area is 124 Å². The second-order valence-electron chi connectivity index (χ2n) is 5.82. The van der Waals surface area contributed by atoms with Crippen LogP contribution in [0.2, 0.25) is 0 Å². The predicted molar refractivity (Wildman–Crippen MR) is 80.8 cm³/mol. The maximum Gasteiger partial charge on any atom is 0.169 e. The molecule has 3 nitrogen and oxygen atoms in total. The zero-order chi connectivity index (χ0) is 14.9. The molecule has 0 amide bonds. The monoisotopic (exact) mass is 291 g/mol. The van der Waals surface area contributed by atoms with Crippen LogP contribution in [-0.4, -0.2) is 19.3 Å². The fourth-order valence-electron chi connectivity index (χ4n) is 3.16. The fourth-order valence-corrected chi connectivity index (χ4v) is 3.16. The largest absolute Gasteiger partial charge is 0.456 e. The Kier molecular flexibility index (Phi) is 4.00. The highest BCUT2D eigenvalue weighted by molar-refractivity contribution is 5.78. The van der Waals surface area contributed by atoms with Crippen molar-refractivity contribution in [2.24, 2.45) is 0 Å². The van der Waals surface area contributed by atoms with Crippen molar-refractivity contribution in [3.63, 3.8) is 0 Å². The van der Waals surface area contributed by atoms with E-state index in [0.29, 0.717) is 5.58 Å². The Balaban J connectivity index is 1.99. The van der Waals surface area contributed by atoms with Gasteiger partial charge in [0, 0.05) is 12.5 Å². The zero-order valence-corrected chi connectivity index (χ0v) is 12.6. The molecule has 0 spiro atoms. The van der Waals surface area contributed by atoms with Gasteiger partial charge in [-0.25, -0.2) is 4.39 Å². The van der Waals surface area contributed by atoms with E-state index < -0.39 is 0 Å². The van der Waals surface area contributed by atoms with Crippen LogP contribution in [0.1, 0.15) is 44.4 Å². The molecule has 1 aliphatic carbocycles. The molecule has 1 fully saturated rings. The highest BCUT2D eigenvalue weighted by Gasteiger charge is 2.46. The molecular formula is C17H22FNO2. The predicted octanol–water partition coefficient (Wildman–Crippen LogP) is 4.18. The molecule has 1 heterocycles. The van der Waals surface area contributed by atoms with E-state index in [2.05, 4.69) is 12.2 Å². The quantitative estimate of drug-likeness (QED) is 0.867. The number of ether oxygens (including phenoxy) is 1. The number of halogens is 1. The van der Waals surface area contributed by atoms with Crippen LogP contribution in [0.15, 0.2) is 28.7 Å². The van der Waals surface area contributed by atoms with Gasteiger partial charge in [-0.2, -0.15) is 0 Å². The molecule has 1 saturated carbocycles. The average Bonchev–Trinajstić information content (AvgIpc) is 2.87. The number of para-hydroxylation sites is 1. The molecule has 4 heteroatoms. The molecule has 114 valence electrons. The van der Waals surface area contributed by atoms with E-state index in [1.807, 2.05) is 12.1 Å². The highest BCUT2D eigenvalue weighted by atomic mass is 19.1. The molecule has 21 heavy (non-hydrogen) atoms. The number of hydrogen-bond acceptors (Lipinski definition) is 3. The lowest BCUT2D eigenvalue weighted by molar-refractivity contribution is -0.104. The second kappa shape index (κ2) is 5.78. The van der Waals surface area contributed by atoms with Gasteiger partial charge in [0.15, 0.2) is 11.4 Å². The van der Waals surface area contributed by atoms with E-state index in [4.69, 9.17) is 9.15 Å².